The van der Waals surface area contributed by atoms with Gasteiger partial charge in [-0.3, -0.25) is 9.59 Å². The predicted molar refractivity (Wildman–Crippen MR) is 98.0 cm³/mol. The molecule has 0 saturated carbocycles. The monoisotopic (exact) mass is 410 g/mol. The molecule has 0 N–H and O–H groups in total. The number of hydrogen-bond acceptors (Lipinski definition) is 4. The predicted octanol–water partition coefficient (Wildman–Crippen LogP) is 3.61. The molecule has 2 aromatic rings. The van der Waals surface area contributed by atoms with E-state index in [1.54, 1.807) is 28.2 Å². The lowest BCUT2D eigenvalue weighted by Gasteiger charge is -2.29. The maximum atomic E-state index is 12.5. The fraction of sp³-hybridized carbons (Fsp3) is 0.250. The summed E-state index contributed by atoms with van der Waals surface area (Å²) in [6.45, 7) is 0.632. The van der Waals surface area contributed by atoms with Gasteiger partial charge in [0.1, 0.15) is 6.54 Å². The Kier molecular flexibility index (Phi) is 5.08. The number of halogens is 1. The van der Waals surface area contributed by atoms with Gasteiger partial charge in [0.15, 0.2) is 0 Å². The van der Waals surface area contributed by atoms with Crippen molar-refractivity contribution in [2.45, 2.75) is 11.4 Å². The van der Waals surface area contributed by atoms with Crippen LogP contribution in [-0.2, 0) is 16.1 Å². The second-order valence-electron chi connectivity index (χ2n) is 5.19. The number of likely N-dealkylation sites (N-methyl/N-ethyl adjacent to an activating group) is 1. The summed E-state index contributed by atoms with van der Waals surface area (Å²) in [4.78, 5) is 30.1. The summed E-state index contributed by atoms with van der Waals surface area (Å²) in [5.41, 5.74) is 0.828. The summed E-state index contributed by atoms with van der Waals surface area (Å²) in [7, 11) is 1.77. The first-order valence-corrected chi connectivity index (χ1v) is 9.64. The molecule has 2 heterocycles. The van der Waals surface area contributed by atoms with Gasteiger partial charge in [-0.25, -0.2) is 0 Å². The van der Waals surface area contributed by atoms with Gasteiger partial charge in [0, 0.05) is 16.8 Å². The summed E-state index contributed by atoms with van der Waals surface area (Å²) in [5, 5.41) is 0. The van der Waals surface area contributed by atoms with Gasteiger partial charge in [-0.1, -0.05) is 12.1 Å². The summed E-state index contributed by atoms with van der Waals surface area (Å²) in [6.07, 6.45) is 0. The quantitative estimate of drug-likeness (QED) is 0.772. The van der Waals surface area contributed by atoms with E-state index in [1.807, 2.05) is 36.4 Å². The van der Waals surface area contributed by atoms with E-state index in [0.29, 0.717) is 12.3 Å². The van der Waals surface area contributed by atoms with E-state index in [-0.39, 0.29) is 18.4 Å². The normalized spacial score (nSPS) is 13.8. The lowest BCUT2D eigenvalue weighted by atomic mass is 10.2. The van der Waals surface area contributed by atoms with Crippen molar-refractivity contribution in [3.63, 3.8) is 0 Å². The van der Waals surface area contributed by atoms with Crippen LogP contribution in [0, 0.1) is 0 Å². The molecule has 7 heteroatoms. The minimum atomic E-state index is -0.0652. The Labute approximate surface area is 151 Å². The van der Waals surface area contributed by atoms with E-state index in [4.69, 9.17) is 0 Å². The van der Waals surface area contributed by atoms with Crippen LogP contribution in [0.5, 0.6) is 0 Å². The molecule has 4 nitrogen and oxygen atoms in total. The third kappa shape index (κ3) is 3.79. The number of hydrogen-bond donors (Lipinski definition) is 0. The van der Waals surface area contributed by atoms with Crippen molar-refractivity contribution < 1.29 is 9.59 Å². The van der Waals surface area contributed by atoms with Gasteiger partial charge in [-0.05, 0) is 40.2 Å². The molecule has 1 aromatic heterocycles. The third-order valence-corrected chi connectivity index (χ3v) is 6.21. The zero-order chi connectivity index (χ0) is 16.4. The number of nitrogens with zero attached hydrogens (tertiary/aromatic N) is 2. The van der Waals surface area contributed by atoms with E-state index in [1.165, 1.54) is 11.8 Å². The Hall–Kier alpha value is -1.31. The molecule has 0 bridgehead atoms. The molecule has 0 radical (unpaired) electrons. The fourth-order valence-corrected chi connectivity index (χ4v) is 4.81. The molecule has 120 valence electrons. The number of anilines is 1. The minimum Gasteiger partial charge on any atom is -0.339 e. The summed E-state index contributed by atoms with van der Waals surface area (Å²) >= 11 is 6.55. The van der Waals surface area contributed by atoms with E-state index in [0.717, 1.165) is 19.2 Å². The molecule has 2 amide bonds. The molecule has 1 aliphatic rings. The third-order valence-electron chi connectivity index (χ3n) is 3.55. The summed E-state index contributed by atoms with van der Waals surface area (Å²) in [5.74, 6) is 0.296. The Morgan fingerprint density at radius 3 is 2.83 bits per heavy atom. The highest BCUT2D eigenvalue weighted by Gasteiger charge is 2.27. The number of rotatable bonds is 4. The largest absolute Gasteiger partial charge is 0.339 e. The first-order chi connectivity index (χ1) is 11.0. The van der Waals surface area contributed by atoms with E-state index in [9.17, 15) is 9.59 Å². The SMILES string of the molecule is CN(Cc1ccc(Br)s1)C(=O)CN1C(=O)CSc2ccccc21. The van der Waals surface area contributed by atoms with Gasteiger partial charge in [0.05, 0.1) is 21.8 Å². The number of thiophene rings is 1. The molecule has 0 spiro atoms. The van der Waals surface area contributed by atoms with Crippen LogP contribution < -0.4 is 4.90 Å². The second-order valence-corrected chi connectivity index (χ2v) is 8.76. The van der Waals surface area contributed by atoms with E-state index in [2.05, 4.69) is 15.9 Å². The Morgan fingerprint density at radius 1 is 1.30 bits per heavy atom. The Balaban J connectivity index is 1.70. The van der Waals surface area contributed by atoms with Crippen LogP contribution >= 0.6 is 39.0 Å². The Bertz CT molecular complexity index is 747. The summed E-state index contributed by atoms with van der Waals surface area (Å²) in [6, 6.07) is 11.7. The maximum Gasteiger partial charge on any atom is 0.242 e. The van der Waals surface area contributed by atoms with Gasteiger partial charge in [0.25, 0.3) is 0 Å². The molecular formula is C16H15BrN2O2S2. The van der Waals surface area contributed by atoms with Crippen molar-refractivity contribution in [3.8, 4) is 0 Å². The highest BCUT2D eigenvalue weighted by atomic mass is 79.9. The highest BCUT2D eigenvalue weighted by Crippen LogP contribution is 2.34. The van der Waals surface area contributed by atoms with Crippen LogP contribution in [0.15, 0.2) is 45.1 Å². The number of benzene rings is 1. The van der Waals surface area contributed by atoms with Crippen LogP contribution in [0.25, 0.3) is 0 Å². The fourth-order valence-electron chi connectivity index (χ4n) is 2.34. The first kappa shape index (κ1) is 16.5. The number of carbonyl (C=O) groups is 2. The second kappa shape index (κ2) is 7.07. The number of para-hydroxylation sites is 1. The lowest BCUT2D eigenvalue weighted by molar-refractivity contribution is -0.130. The van der Waals surface area contributed by atoms with Crippen molar-refractivity contribution in [1.82, 2.24) is 4.90 Å². The van der Waals surface area contributed by atoms with Crippen molar-refractivity contribution in [1.29, 1.82) is 0 Å². The smallest absolute Gasteiger partial charge is 0.242 e. The zero-order valence-electron chi connectivity index (χ0n) is 12.5. The summed E-state index contributed by atoms with van der Waals surface area (Å²) < 4.78 is 1.05. The highest BCUT2D eigenvalue weighted by molar-refractivity contribution is 9.11. The molecule has 0 fully saturated rings. The van der Waals surface area contributed by atoms with Gasteiger partial charge in [-0.15, -0.1) is 23.1 Å². The molecule has 3 rings (SSSR count). The average molecular weight is 411 g/mol. The van der Waals surface area contributed by atoms with Gasteiger partial charge < -0.3 is 9.80 Å². The van der Waals surface area contributed by atoms with Crippen LogP contribution in [0.4, 0.5) is 5.69 Å². The van der Waals surface area contributed by atoms with Crippen molar-refractivity contribution in [2.75, 3.05) is 24.2 Å². The molecule has 0 unspecified atom stereocenters. The van der Waals surface area contributed by atoms with E-state index >= 15 is 0 Å². The van der Waals surface area contributed by atoms with E-state index < -0.39 is 0 Å². The van der Waals surface area contributed by atoms with Gasteiger partial charge in [0.2, 0.25) is 11.8 Å². The first-order valence-electron chi connectivity index (χ1n) is 7.05. The number of carbonyl (C=O) groups excluding carboxylic acids is 2. The van der Waals surface area contributed by atoms with Crippen LogP contribution in [0.3, 0.4) is 0 Å². The number of thioether (sulfide) groups is 1. The van der Waals surface area contributed by atoms with Crippen LogP contribution in [-0.4, -0.2) is 36.1 Å². The molecule has 1 aromatic carbocycles. The Morgan fingerprint density at radius 2 is 2.09 bits per heavy atom. The molecule has 0 atom stereocenters. The van der Waals surface area contributed by atoms with Gasteiger partial charge in [-0.2, -0.15) is 0 Å². The molecule has 0 saturated heterocycles. The zero-order valence-corrected chi connectivity index (χ0v) is 15.7. The van der Waals surface area contributed by atoms with Gasteiger partial charge >= 0.3 is 0 Å². The van der Waals surface area contributed by atoms with Crippen molar-refractivity contribution in [3.05, 3.63) is 45.1 Å². The topological polar surface area (TPSA) is 40.6 Å². The lowest BCUT2D eigenvalue weighted by Crippen LogP contribution is -2.43. The van der Waals surface area contributed by atoms with Crippen molar-refractivity contribution in [2.24, 2.45) is 0 Å². The standard InChI is InChI=1S/C16H15BrN2O2S2/c1-18(8-11-6-7-14(17)23-11)15(20)9-19-12-4-2-3-5-13(12)22-10-16(19)21/h2-7H,8-10H2,1H3. The molecular weight excluding hydrogens is 396 g/mol. The maximum absolute atomic E-state index is 12.5. The minimum absolute atomic E-state index is 0.0191. The average Bonchev–Trinajstić information content (AvgIpc) is 2.95. The molecule has 1 aliphatic heterocycles. The molecule has 23 heavy (non-hydrogen) atoms. The van der Waals surface area contributed by atoms with Crippen molar-refractivity contribution >= 4 is 56.5 Å². The van der Waals surface area contributed by atoms with Crippen LogP contribution in [0.1, 0.15) is 4.88 Å². The van der Waals surface area contributed by atoms with Crippen LogP contribution in [0.2, 0.25) is 0 Å². The number of amides is 2. The number of fused-ring (bicyclic) bond motifs is 1. The molecule has 0 aliphatic carbocycles.